The van der Waals surface area contributed by atoms with E-state index in [2.05, 4.69) is 17.5 Å². The second-order valence-corrected chi connectivity index (χ2v) is 4.17. The van der Waals surface area contributed by atoms with Crippen LogP contribution in [-0.2, 0) is 6.54 Å². The van der Waals surface area contributed by atoms with E-state index in [1.165, 1.54) is 16.0 Å². The number of hydrogen-bond donors (Lipinski definition) is 1. The lowest BCUT2D eigenvalue weighted by atomic mass is 10.1. The van der Waals surface area contributed by atoms with Gasteiger partial charge in [0, 0.05) is 11.4 Å². The Bertz CT molecular complexity index is 450. The Balaban J connectivity index is 2.35. The van der Waals surface area contributed by atoms with Crippen molar-refractivity contribution in [3.8, 4) is 16.2 Å². The van der Waals surface area contributed by atoms with E-state index in [-0.39, 0.29) is 0 Å². The van der Waals surface area contributed by atoms with Gasteiger partial charge in [0.05, 0.1) is 7.11 Å². The van der Waals surface area contributed by atoms with Crippen LogP contribution in [0.3, 0.4) is 0 Å². The predicted octanol–water partition coefficient (Wildman–Crippen LogP) is 2.88. The fourth-order valence-electron chi connectivity index (χ4n) is 1.41. The monoisotopic (exact) mass is 219 g/mol. The molecule has 0 bridgehead atoms. The van der Waals surface area contributed by atoms with Crippen LogP contribution < -0.4 is 10.5 Å². The van der Waals surface area contributed by atoms with Gasteiger partial charge < -0.3 is 10.5 Å². The zero-order valence-electron chi connectivity index (χ0n) is 8.57. The van der Waals surface area contributed by atoms with E-state index in [9.17, 15) is 0 Å². The summed E-state index contributed by atoms with van der Waals surface area (Å²) < 4.78 is 5.19. The quantitative estimate of drug-likeness (QED) is 0.861. The molecule has 2 rings (SSSR count). The first-order chi connectivity index (χ1) is 7.33. The summed E-state index contributed by atoms with van der Waals surface area (Å²) in [6, 6.07) is 10.2. The molecule has 2 nitrogen and oxygen atoms in total. The molecule has 0 fully saturated rings. The Morgan fingerprint density at radius 1 is 1.33 bits per heavy atom. The molecule has 0 atom stereocenters. The molecule has 0 saturated carbocycles. The molecule has 1 aromatic carbocycles. The first-order valence-corrected chi connectivity index (χ1v) is 5.63. The minimum Gasteiger partial charge on any atom is -0.497 e. The fraction of sp³-hybridized carbons (Fsp3) is 0.167. The van der Waals surface area contributed by atoms with Gasteiger partial charge in [0.15, 0.2) is 0 Å². The third kappa shape index (κ3) is 2.19. The highest BCUT2D eigenvalue weighted by atomic mass is 32.1. The predicted molar refractivity (Wildman–Crippen MR) is 64.2 cm³/mol. The van der Waals surface area contributed by atoms with E-state index < -0.39 is 0 Å². The first-order valence-electron chi connectivity index (χ1n) is 4.75. The highest BCUT2D eigenvalue weighted by Crippen LogP contribution is 2.29. The van der Waals surface area contributed by atoms with E-state index in [1.54, 1.807) is 18.4 Å². The molecular weight excluding hydrogens is 206 g/mol. The molecule has 0 aliphatic heterocycles. The molecule has 0 unspecified atom stereocenters. The molecule has 2 aromatic rings. The standard InChI is InChI=1S/C12H13NOS/c1-14-11-4-2-3-10(6-11)12-5-9(7-13)8-15-12/h2-6,8H,7,13H2,1H3. The number of methoxy groups -OCH3 is 1. The molecule has 3 heteroatoms. The van der Waals surface area contributed by atoms with E-state index in [4.69, 9.17) is 10.5 Å². The van der Waals surface area contributed by atoms with E-state index in [0.29, 0.717) is 6.54 Å². The van der Waals surface area contributed by atoms with Gasteiger partial charge in [-0.05, 0) is 34.7 Å². The van der Waals surface area contributed by atoms with Crippen molar-refractivity contribution in [3.63, 3.8) is 0 Å². The number of thiophene rings is 1. The molecule has 0 saturated heterocycles. The number of hydrogen-bond acceptors (Lipinski definition) is 3. The summed E-state index contributed by atoms with van der Waals surface area (Å²) in [7, 11) is 1.68. The van der Waals surface area contributed by atoms with Gasteiger partial charge in [0.1, 0.15) is 5.75 Å². The first kappa shape index (κ1) is 10.2. The molecule has 1 aromatic heterocycles. The van der Waals surface area contributed by atoms with Gasteiger partial charge in [0.25, 0.3) is 0 Å². The van der Waals surface area contributed by atoms with E-state index in [0.717, 1.165) is 5.75 Å². The second-order valence-electron chi connectivity index (χ2n) is 3.26. The van der Waals surface area contributed by atoms with Crippen LogP contribution in [0.5, 0.6) is 5.75 Å². The Hall–Kier alpha value is -1.32. The van der Waals surface area contributed by atoms with Crippen LogP contribution >= 0.6 is 11.3 Å². The van der Waals surface area contributed by atoms with Crippen molar-refractivity contribution in [1.29, 1.82) is 0 Å². The lowest BCUT2D eigenvalue weighted by Crippen LogP contribution is -1.92. The zero-order chi connectivity index (χ0) is 10.7. The van der Waals surface area contributed by atoms with Crippen LogP contribution in [-0.4, -0.2) is 7.11 Å². The highest BCUT2D eigenvalue weighted by molar-refractivity contribution is 7.13. The van der Waals surface area contributed by atoms with Crippen molar-refractivity contribution in [2.24, 2.45) is 5.73 Å². The summed E-state index contributed by atoms with van der Waals surface area (Å²) in [5, 5.41) is 2.09. The summed E-state index contributed by atoms with van der Waals surface area (Å²) in [4.78, 5) is 1.23. The third-order valence-corrected chi connectivity index (χ3v) is 3.27. The Morgan fingerprint density at radius 3 is 2.87 bits per heavy atom. The summed E-state index contributed by atoms with van der Waals surface area (Å²) in [6.07, 6.45) is 0. The summed E-state index contributed by atoms with van der Waals surface area (Å²) in [5.41, 5.74) is 7.94. The van der Waals surface area contributed by atoms with Crippen LogP contribution in [0.1, 0.15) is 5.56 Å². The van der Waals surface area contributed by atoms with Crippen molar-refractivity contribution >= 4 is 11.3 Å². The molecule has 0 aliphatic rings. The minimum absolute atomic E-state index is 0.598. The maximum absolute atomic E-state index is 5.58. The summed E-state index contributed by atoms with van der Waals surface area (Å²) in [6.45, 7) is 0.598. The van der Waals surface area contributed by atoms with Gasteiger partial charge in [-0.15, -0.1) is 11.3 Å². The van der Waals surface area contributed by atoms with Crippen LogP contribution in [0.2, 0.25) is 0 Å². The van der Waals surface area contributed by atoms with Crippen molar-refractivity contribution in [1.82, 2.24) is 0 Å². The smallest absolute Gasteiger partial charge is 0.119 e. The highest BCUT2D eigenvalue weighted by Gasteiger charge is 2.02. The van der Waals surface area contributed by atoms with Crippen LogP contribution in [0.15, 0.2) is 35.7 Å². The van der Waals surface area contributed by atoms with Gasteiger partial charge in [-0.3, -0.25) is 0 Å². The average Bonchev–Trinajstić information content (AvgIpc) is 2.78. The average molecular weight is 219 g/mol. The number of nitrogens with two attached hydrogens (primary N) is 1. The van der Waals surface area contributed by atoms with Crippen LogP contribution in [0, 0.1) is 0 Å². The Labute approximate surface area is 93.3 Å². The maximum atomic E-state index is 5.58. The lowest BCUT2D eigenvalue weighted by molar-refractivity contribution is 0.415. The molecule has 78 valence electrons. The molecule has 0 amide bonds. The van der Waals surface area contributed by atoms with E-state index in [1.807, 2.05) is 18.2 Å². The van der Waals surface area contributed by atoms with Crippen molar-refractivity contribution in [3.05, 3.63) is 41.3 Å². The molecule has 1 heterocycles. The lowest BCUT2D eigenvalue weighted by Gasteiger charge is -2.01. The molecular formula is C12H13NOS. The van der Waals surface area contributed by atoms with Gasteiger partial charge in [-0.1, -0.05) is 12.1 Å². The number of rotatable bonds is 3. The minimum atomic E-state index is 0.598. The Morgan fingerprint density at radius 2 is 2.20 bits per heavy atom. The van der Waals surface area contributed by atoms with Crippen molar-refractivity contribution in [2.75, 3.05) is 7.11 Å². The third-order valence-electron chi connectivity index (χ3n) is 2.24. The largest absolute Gasteiger partial charge is 0.497 e. The normalized spacial score (nSPS) is 10.3. The van der Waals surface area contributed by atoms with Gasteiger partial charge in [0.2, 0.25) is 0 Å². The zero-order valence-corrected chi connectivity index (χ0v) is 9.38. The summed E-state index contributed by atoms with van der Waals surface area (Å²) in [5.74, 6) is 0.884. The number of benzene rings is 1. The second kappa shape index (κ2) is 4.47. The molecule has 0 aliphatic carbocycles. The Kier molecular flexibility index (Phi) is 3.04. The molecule has 0 spiro atoms. The summed E-state index contributed by atoms with van der Waals surface area (Å²) >= 11 is 1.71. The molecule has 15 heavy (non-hydrogen) atoms. The van der Waals surface area contributed by atoms with Crippen molar-refractivity contribution < 1.29 is 4.74 Å². The van der Waals surface area contributed by atoms with Crippen molar-refractivity contribution in [2.45, 2.75) is 6.54 Å². The van der Waals surface area contributed by atoms with E-state index >= 15 is 0 Å². The van der Waals surface area contributed by atoms with Gasteiger partial charge in [-0.2, -0.15) is 0 Å². The van der Waals surface area contributed by atoms with Crippen LogP contribution in [0.4, 0.5) is 0 Å². The fourth-order valence-corrected chi connectivity index (χ4v) is 2.34. The molecule has 0 radical (unpaired) electrons. The van der Waals surface area contributed by atoms with Gasteiger partial charge >= 0.3 is 0 Å². The topological polar surface area (TPSA) is 35.2 Å². The molecule has 2 N–H and O–H groups in total. The SMILES string of the molecule is COc1cccc(-c2cc(CN)cs2)c1. The van der Waals surface area contributed by atoms with Gasteiger partial charge in [-0.25, -0.2) is 0 Å². The van der Waals surface area contributed by atoms with Crippen LogP contribution in [0.25, 0.3) is 10.4 Å². The number of ether oxygens (including phenoxy) is 1. The maximum Gasteiger partial charge on any atom is 0.119 e.